The van der Waals surface area contributed by atoms with E-state index in [1.54, 1.807) is 0 Å². The average molecular weight is 538 g/mol. The molecule has 39 heavy (non-hydrogen) atoms. The molecule has 0 aromatic heterocycles. The van der Waals surface area contributed by atoms with E-state index < -0.39 is 47.7 Å². The lowest BCUT2D eigenvalue weighted by atomic mass is 10.0. The summed E-state index contributed by atoms with van der Waals surface area (Å²) in [5.74, 6) is -5.15. The summed E-state index contributed by atoms with van der Waals surface area (Å²) in [6.07, 6.45) is -2.19. The van der Waals surface area contributed by atoms with Crippen LogP contribution in [-0.4, -0.2) is 60.8 Å². The first kappa shape index (κ1) is 26.7. The standard InChI is InChI=1S/C27H22O12/c28-16-5-1-14(9-18(16)30)11-22(26(33)34)37-23(32)8-3-13-2-7-20-21(10-13)39-25(27(35)36)24(38-20)15-4-6-17(29)19(31)12-15/h1-10,12,22,24-25,28-31H,11H2,(H,33,34)(H,35,36)/b8-3-/t22-,24+,25+/m0/s1. The maximum absolute atomic E-state index is 12.3. The van der Waals surface area contributed by atoms with Crippen molar-refractivity contribution in [1.82, 2.24) is 0 Å². The van der Waals surface area contributed by atoms with Gasteiger partial charge in [0.2, 0.25) is 12.2 Å². The van der Waals surface area contributed by atoms with Crippen molar-refractivity contribution in [3.8, 4) is 34.5 Å². The second kappa shape index (κ2) is 10.9. The first-order chi connectivity index (χ1) is 18.5. The molecule has 1 heterocycles. The Morgan fingerprint density at radius 2 is 1.51 bits per heavy atom. The molecule has 6 N–H and O–H groups in total. The van der Waals surface area contributed by atoms with Gasteiger partial charge in [0.05, 0.1) is 0 Å². The zero-order chi connectivity index (χ0) is 28.3. The number of aliphatic carboxylic acids is 2. The molecule has 12 nitrogen and oxygen atoms in total. The minimum Gasteiger partial charge on any atom is -0.504 e. The summed E-state index contributed by atoms with van der Waals surface area (Å²) in [5, 5.41) is 57.3. The summed E-state index contributed by atoms with van der Waals surface area (Å²) in [4.78, 5) is 35.7. The summed E-state index contributed by atoms with van der Waals surface area (Å²) in [7, 11) is 0. The molecule has 0 saturated carbocycles. The van der Waals surface area contributed by atoms with Crippen LogP contribution in [0.4, 0.5) is 0 Å². The summed E-state index contributed by atoms with van der Waals surface area (Å²) in [6, 6.07) is 11.9. The fourth-order valence-corrected chi connectivity index (χ4v) is 3.79. The molecule has 202 valence electrons. The molecule has 3 aromatic carbocycles. The first-order valence-electron chi connectivity index (χ1n) is 11.4. The van der Waals surface area contributed by atoms with Crippen LogP contribution in [0.1, 0.15) is 22.8 Å². The fraction of sp³-hybridized carbons (Fsp3) is 0.148. The lowest BCUT2D eigenvalue weighted by Crippen LogP contribution is -2.39. The third-order valence-electron chi connectivity index (χ3n) is 5.73. The third kappa shape index (κ3) is 6.13. The van der Waals surface area contributed by atoms with Crippen LogP contribution in [0, 0.1) is 0 Å². The monoisotopic (exact) mass is 538 g/mol. The number of hydrogen-bond donors (Lipinski definition) is 6. The highest BCUT2D eigenvalue weighted by Gasteiger charge is 2.38. The fourth-order valence-electron chi connectivity index (χ4n) is 3.79. The van der Waals surface area contributed by atoms with Crippen LogP contribution < -0.4 is 9.47 Å². The van der Waals surface area contributed by atoms with Crippen molar-refractivity contribution in [3.05, 3.63) is 77.4 Å². The Kier molecular flexibility index (Phi) is 7.47. The highest BCUT2D eigenvalue weighted by Crippen LogP contribution is 2.41. The van der Waals surface area contributed by atoms with E-state index in [9.17, 15) is 45.0 Å². The number of hydrogen-bond acceptors (Lipinski definition) is 10. The van der Waals surface area contributed by atoms with Crippen molar-refractivity contribution < 1.29 is 59.2 Å². The van der Waals surface area contributed by atoms with Gasteiger partial charge in [-0.05, 0) is 53.6 Å². The zero-order valence-electron chi connectivity index (χ0n) is 19.9. The van der Waals surface area contributed by atoms with Crippen molar-refractivity contribution >= 4 is 24.0 Å². The van der Waals surface area contributed by atoms with E-state index in [0.717, 1.165) is 12.1 Å². The van der Waals surface area contributed by atoms with Gasteiger partial charge < -0.3 is 44.8 Å². The molecule has 0 unspecified atom stereocenters. The smallest absolute Gasteiger partial charge is 0.349 e. The van der Waals surface area contributed by atoms with Gasteiger partial charge in [-0.2, -0.15) is 0 Å². The zero-order valence-corrected chi connectivity index (χ0v) is 19.9. The van der Waals surface area contributed by atoms with E-state index in [0.29, 0.717) is 11.1 Å². The van der Waals surface area contributed by atoms with E-state index in [2.05, 4.69) is 0 Å². The molecule has 0 fully saturated rings. The molecule has 0 amide bonds. The molecule has 1 aliphatic rings. The van der Waals surface area contributed by atoms with Gasteiger partial charge in [-0.3, -0.25) is 0 Å². The van der Waals surface area contributed by atoms with Crippen LogP contribution in [0.3, 0.4) is 0 Å². The average Bonchev–Trinajstić information content (AvgIpc) is 2.89. The molecule has 3 atom stereocenters. The molecule has 0 spiro atoms. The van der Waals surface area contributed by atoms with Gasteiger partial charge >= 0.3 is 17.9 Å². The number of carbonyl (C=O) groups excluding carboxylic acids is 1. The topological polar surface area (TPSA) is 200 Å². The van der Waals surface area contributed by atoms with E-state index in [-0.39, 0.29) is 35.0 Å². The quantitative estimate of drug-likeness (QED) is 0.139. The van der Waals surface area contributed by atoms with Gasteiger partial charge in [-0.25, -0.2) is 14.4 Å². The van der Waals surface area contributed by atoms with Crippen LogP contribution in [0.2, 0.25) is 0 Å². The highest BCUT2D eigenvalue weighted by atomic mass is 16.6. The van der Waals surface area contributed by atoms with E-state index in [1.807, 2.05) is 0 Å². The van der Waals surface area contributed by atoms with Gasteiger partial charge in [0.1, 0.15) is 0 Å². The SMILES string of the molecule is O=C(/C=C\c1ccc2c(c1)O[C@@H](C(=O)O)[C@@H](c1ccc(O)c(O)c1)O2)O[C@@H](Cc1ccc(O)c(O)c1)C(=O)O. The second-order valence-electron chi connectivity index (χ2n) is 8.49. The predicted octanol–water partition coefficient (Wildman–Crippen LogP) is 2.73. The number of phenols is 4. The molecule has 3 aromatic rings. The Bertz CT molecular complexity index is 1460. The summed E-state index contributed by atoms with van der Waals surface area (Å²) >= 11 is 0. The molecular weight excluding hydrogens is 516 g/mol. The van der Waals surface area contributed by atoms with Crippen molar-refractivity contribution in [2.24, 2.45) is 0 Å². The van der Waals surface area contributed by atoms with Crippen LogP contribution in [0.25, 0.3) is 6.08 Å². The molecule has 0 bridgehead atoms. The van der Waals surface area contributed by atoms with Crippen LogP contribution in [0.5, 0.6) is 34.5 Å². The number of rotatable bonds is 8. The van der Waals surface area contributed by atoms with Crippen molar-refractivity contribution in [2.45, 2.75) is 24.7 Å². The van der Waals surface area contributed by atoms with Gasteiger partial charge in [0.25, 0.3) is 0 Å². The van der Waals surface area contributed by atoms with Crippen LogP contribution in [0.15, 0.2) is 60.7 Å². The van der Waals surface area contributed by atoms with Crippen LogP contribution in [-0.2, 0) is 25.5 Å². The number of carbonyl (C=O) groups is 3. The number of ether oxygens (including phenoxy) is 3. The van der Waals surface area contributed by atoms with E-state index >= 15 is 0 Å². The maximum Gasteiger partial charge on any atom is 0.349 e. The summed E-state index contributed by atoms with van der Waals surface area (Å²) < 4.78 is 16.4. The van der Waals surface area contributed by atoms with Crippen molar-refractivity contribution in [1.29, 1.82) is 0 Å². The molecule has 1 aliphatic heterocycles. The molecule has 0 radical (unpaired) electrons. The molecule has 0 saturated heterocycles. The van der Waals surface area contributed by atoms with Crippen LogP contribution >= 0.6 is 0 Å². The minimum absolute atomic E-state index is 0.0627. The first-order valence-corrected chi connectivity index (χ1v) is 11.4. The molecular formula is C27H22O12. The van der Waals surface area contributed by atoms with Gasteiger partial charge in [0.15, 0.2) is 40.6 Å². The lowest BCUT2D eigenvalue weighted by Gasteiger charge is -2.32. The number of esters is 1. The predicted molar refractivity (Wildman–Crippen MR) is 132 cm³/mol. The maximum atomic E-state index is 12.3. The highest BCUT2D eigenvalue weighted by molar-refractivity contribution is 5.89. The summed E-state index contributed by atoms with van der Waals surface area (Å²) in [5.41, 5.74) is 0.954. The number of benzene rings is 3. The van der Waals surface area contributed by atoms with Crippen molar-refractivity contribution in [3.63, 3.8) is 0 Å². The minimum atomic E-state index is -1.57. The Morgan fingerprint density at radius 1 is 0.821 bits per heavy atom. The lowest BCUT2D eigenvalue weighted by molar-refractivity contribution is -0.160. The number of aromatic hydroxyl groups is 4. The van der Waals surface area contributed by atoms with E-state index in [4.69, 9.17) is 14.2 Å². The Morgan fingerprint density at radius 3 is 2.15 bits per heavy atom. The number of carboxylic acids is 2. The Hall–Kier alpha value is -5.39. The van der Waals surface area contributed by atoms with Crippen molar-refractivity contribution in [2.75, 3.05) is 0 Å². The summed E-state index contributed by atoms with van der Waals surface area (Å²) in [6.45, 7) is 0. The molecule has 12 heteroatoms. The second-order valence-corrected chi connectivity index (χ2v) is 8.49. The molecule has 4 rings (SSSR count). The number of carboxylic acid groups (broad SMARTS) is 2. The Labute approximate surface area is 220 Å². The van der Waals surface area contributed by atoms with E-state index in [1.165, 1.54) is 54.6 Å². The molecule has 0 aliphatic carbocycles. The Balaban J connectivity index is 1.47. The van der Waals surface area contributed by atoms with Gasteiger partial charge in [-0.15, -0.1) is 0 Å². The normalized spacial score (nSPS) is 16.9. The number of phenolic OH excluding ortho intramolecular Hbond substituents is 4. The van der Waals surface area contributed by atoms with Gasteiger partial charge in [-0.1, -0.05) is 18.2 Å². The largest absolute Gasteiger partial charge is 0.504 e. The third-order valence-corrected chi connectivity index (χ3v) is 5.73. The van der Waals surface area contributed by atoms with Gasteiger partial charge in [0, 0.05) is 18.1 Å². The number of fused-ring (bicyclic) bond motifs is 1.